The molecule has 0 atom stereocenters. The Morgan fingerprint density at radius 1 is 1.14 bits per heavy atom. The maximum absolute atomic E-state index is 15.5. The number of aromatic nitrogens is 1. The average Bonchev–Trinajstić information content (AvgIpc) is 2.83. The number of hydrogen-bond acceptors (Lipinski definition) is 5. The van der Waals surface area contributed by atoms with Gasteiger partial charge in [-0.2, -0.15) is 4.73 Å². The third-order valence-corrected chi connectivity index (χ3v) is 6.23. The highest BCUT2D eigenvalue weighted by molar-refractivity contribution is 6.30. The lowest BCUT2D eigenvalue weighted by atomic mass is 10.1. The summed E-state index contributed by atoms with van der Waals surface area (Å²) >= 11 is 5.89. The van der Waals surface area contributed by atoms with Crippen LogP contribution in [0.15, 0.2) is 48.7 Å². The van der Waals surface area contributed by atoms with E-state index in [0.29, 0.717) is 35.9 Å². The summed E-state index contributed by atoms with van der Waals surface area (Å²) in [7, 11) is 0. The molecule has 1 aliphatic rings. The van der Waals surface area contributed by atoms with E-state index in [-0.39, 0.29) is 39.9 Å². The van der Waals surface area contributed by atoms with Crippen LogP contribution in [-0.4, -0.2) is 48.9 Å². The van der Waals surface area contributed by atoms with Crippen LogP contribution in [0.4, 0.5) is 10.1 Å². The van der Waals surface area contributed by atoms with Crippen molar-refractivity contribution in [3.05, 3.63) is 75.8 Å². The highest BCUT2D eigenvalue weighted by Crippen LogP contribution is 2.39. The molecule has 7 nitrogen and oxygen atoms in total. The van der Waals surface area contributed by atoms with E-state index in [1.807, 2.05) is 0 Å². The van der Waals surface area contributed by atoms with Crippen molar-refractivity contribution in [1.82, 2.24) is 4.90 Å². The first kappa shape index (κ1) is 25.4. The molecule has 1 fully saturated rings. The Balaban J connectivity index is 1.73. The predicted octanol–water partition coefficient (Wildman–Crippen LogP) is 4.62. The van der Waals surface area contributed by atoms with Crippen molar-refractivity contribution in [1.29, 1.82) is 0 Å². The summed E-state index contributed by atoms with van der Waals surface area (Å²) in [6, 6.07) is 9.70. The van der Waals surface area contributed by atoms with Gasteiger partial charge in [0.2, 0.25) is 11.7 Å². The van der Waals surface area contributed by atoms with Gasteiger partial charge in [-0.05, 0) is 49.8 Å². The Bertz CT molecular complexity index is 1330. The molecule has 0 saturated carbocycles. The zero-order chi connectivity index (χ0) is 26.0. The molecule has 188 valence electrons. The number of nitrogens with zero attached hydrogens (tertiary/aromatic N) is 3. The number of rotatable bonds is 6. The van der Waals surface area contributed by atoms with Gasteiger partial charge in [0.1, 0.15) is 5.69 Å². The van der Waals surface area contributed by atoms with E-state index in [1.54, 1.807) is 54.0 Å². The largest absolute Gasteiger partial charge is 0.618 e. The molecule has 0 N–H and O–H groups in total. The number of amides is 1. The summed E-state index contributed by atoms with van der Waals surface area (Å²) in [6.45, 7) is 6.79. The quantitative estimate of drug-likeness (QED) is 0.209. The van der Waals surface area contributed by atoms with Gasteiger partial charge in [0.15, 0.2) is 17.8 Å². The van der Waals surface area contributed by atoms with Gasteiger partial charge in [0.05, 0.1) is 17.1 Å². The van der Waals surface area contributed by atoms with Gasteiger partial charge < -0.3 is 19.7 Å². The van der Waals surface area contributed by atoms with Crippen LogP contribution in [0.25, 0.3) is 17.0 Å². The molecular formula is C27H27ClFN3O4. The van der Waals surface area contributed by atoms with E-state index in [9.17, 15) is 14.8 Å². The van der Waals surface area contributed by atoms with Gasteiger partial charge in [-0.3, -0.25) is 9.59 Å². The fourth-order valence-corrected chi connectivity index (χ4v) is 4.35. The number of fused-ring (bicyclic) bond motifs is 1. The number of ether oxygens (including phenoxy) is 1. The van der Waals surface area contributed by atoms with E-state index in [1.165, 1.54) is 31.3 Å². The van der Waals surface area contributed by atoms with Crippen LogP contribution in [0.3, 0.4) is 0 Å². The summed E-state index contributed by atoms with van der Waals surface area (Å²) < 4.78 is 22.0. The van der Waals surface area contributed by atoms with Gasteiger partial charge in [0.25, 0.3) is 5.52 Å². The average molecular weight is 512 g/mol. The summed E-state index contributed by atoms with van der Waals surface area (Å²) in [5, 5.41) is 14.0. The third kappa shape index (κ3) is 5.44. The Morgan fingerprint density at radius 2 is 1.81 bits per heavy atom. The minimum Gasteiger partial charge on any atom is -0.618 e. The first-order chi connectivity index (χ1) is 17.1. The van der Waals surface area contributed by atoms with Crippen LogP contribution in [0.1, 0.15) is 36.7 Å². The lowest BCUT2D eigenvalue weighted by Gasteiger charge is -2.36. The molecule has 0 unspecified atom stereocenters. The molecule has 0 radical (unpaired) electrons. The molecule has 2 aromatic carbocycles. The number of allylic oxidation sites excluding steroid dienone is 1. The Hall–Kier alpha value is -3.65. The van der Waals surface area contributed by atoms with Gasteiger partial charge >= 0.3 is 0 Å². The minimum atomic E-state index is -0.560. The summed E-state index contributed by atoms with van der Waals surface area (Å²) in [6.07, 6.45) is 3.83. The minimum absolute atomic E-state index is 0.0352. The van der Waals surface area contributed by atoms with Crippen molar-refractivity contribution >= 4 is 46.0 Å². The highest BCUT2D eigenvalue weighted by Gasteiger charge is 2.29. The number of pyridine rings is 1. The van der Waals surface area contributed by atoms with E-state index in [4.69, 9.17) is 16.3 Å². The number of piperazine rings is 1. The van der Waals surface area contributed by atoms with Crippen LogP contribution in [0.5, 0.6) is 5.75 Å². The van der Waals surface area contributed by atoms with E-state index in [0.717, 1.165) is 5.56 Å². The van der Waals surface area contributed by atoms with Crippen molar-refractivity contribution in [2.45, 2.75) is 26.9 Å². The fourth-order valence-electron chi connectivity index (χ4n) is 4.22. The van der Waals surface area contributed by atoms with Crippen molar-refractivity contribution in [3.63, 3.8) is 0 Å². The van der Waals surface area contributed by atoms with E-state index in [2.05, 4.69) is 0 Å². The summed E-state index contributed by atoms with van der Waals surface area (Å²) in [5.74, 6) is -0.864. The Kier molecular flexibility index (Phi) is 7.45. The molecule has 1 aromatic heterocycles. The zero-order valence-electron chi connectivity index (χ0n) is 20.3. The highest BCUT2D eigenvalue weighted by atomic mass is 35.5. The first-order valence-electron chi connectivity index (χ1n) is 11.7. The molecule has 36 heavy (non-hydrogen) atoms. The van der Waals surface area contributed by atoms with E-state index >= 15 is 4.39 Å². The van der Waals surface area contributed by atoms with Crippen LogP contribution >= 0.6 is 11.6 Å². The maximum atomic E-state index is 15.5. The van der Waals surface area contributed by atoms with Crippen LogP contribution < -0.4 is 14.4 Å². The van der Waals surface area contributed by atoms with Gasteiger partial charge in [-0.25, -0.2) is 4.39 Å². The molecule has 3 aromatic rings. The number of halogens is 2. The van der Waals surface area contributed by atoms with Gasteiger partial charge in [-0.1, -0.05) is 29.8 Å². The Labute approximate surface area is 213 Å². The lowest BCUT2D eigenvalue weighted by molar-refractivity contribution is -0.577. The number of ketones is 1. The second-order valence-electron chi connectivity index (χ2n) is 8.94. The summed E-state index contributed by atoms with van der Waals surface area (Å²) in [4.78, 5) is 28.0. The standard InChI is InChI=1S/C27H27ClFN3O4/c1-17(2)36-27-25-20(15-23(29)26(27)31-12-10-30(11-13-31)18(3)33)14-21(16-32(25)35)24(34)9-6-19-4-7-22(28)8-5-19/h4-9,14-17H,10-13H2,1-3H3. The number of hydrogen-bond donors (Lipinski definition) is 0. The number of carbonyl (C=O) groups excluding carboxylic acids is 2. The smallest absolute Gasteiger partial charge is 0.268 e. The third-order valence-electron chi connectivity index (χ3n) is 5.98. The van der Waals surface area contributed by atoms with Gasteiger partial charge in [0, 0.05) is 38.1 Å². The fraction of sp³-hybridized carbons (Fsp3) is 0.296. The molecule has 9 heteroatoms. The molecule has 0 bridgehead atoms. The SMILES string of the molecule is CC(=O)N1CCN(c2c(F)cc3cc(C(=O)C=Cc4ccc(Cl)cc4)c[n+]([O-])c3c2OC(C)C)CC1. The first-order valence-corrected chi connectivity index (χ1v) is 12.1. The normalized spacial score (nSPS) is 14.2. The second-order valence-corrected chi connectivity index (χ2v) is 9.37. The van der Waals surface area contributed by atoms with Crippen molar-refractivity contribution < 1.29 is 23.4 Å². The molecular weight excluding hydrogens is 485 g/mol. The maximum Gasteiger partial charge on any atom is 0.268 e. The van der Waals surface area contributed by atoms with Gasteiger partial charge in [-0.15, -0.1) is 0 Å². The second kappa shape index (κ2) is 10.5. The molecule has 2 heterocycles. The van der Waals surface area contributed by atoms with Crippen molar-refractivity contribution in [3.8, 4) is 5.75 Å². The lowest BCUT2D eigenvalue weighted by Crippen LogP contribution is -2.48. The van der Waals surface area contributed by atoms with Crippen molar-refractivity contribution in [2.75, 3.05) is 31.1 Å². The van der Waals surface area contributed by atoms with Crippen LogP contribution in [0.2, 0.25) is 5.02 Å². The molecule has 0 aliphatic carbocycles. The zero-order valence-corrected chi connectivity index (χ0v) is 21.1. The van der Waals surface area contributed by atoms with Crippen LogP contribution in [-0.2, 0) is 4.79 Å². The molecule has 4 rings (SSSR count). The predicted molar refractivity (Wildman–Crippen MR) is 138 cm³/mol. The molecule has 1 saturated heterocycles. The monoisotopic (exact) mass is 511 g/mol. The molecule has 1 aliphatic heterocycles. The Morgan fingerprint density at radius 3 is 2.42 bits per heavy atom. The van der Waals surface area contributed by atoms with Crippen LogP contribution in [0, 0.1) is 11.0 Å². The van der Waals surface area contributed by atoms with Crippen molar-refractivity contribution in [2.24, 2.45) is 0 Å². The molecule has 0 spiro atoms. The van der Waals surface area contributed by atoms with E-state index < -0.39 is 11.6 Å². The number of anilines is 1. The topological polar surface area (TPSA) is 76.8 Å². The number of benzene rings is 2. The summed E-state index contributed by atoms with van der Waals surface area (Å²) in [5.41, 5.74) is 1.23. The number of carbonyl (C=O) groups is 2. The molecule has 1 amide bonds.